The highest BCUT2D eigenvalue weighted by atomic mass is 127. The lowest BCUT2D eigenvalue weighted by Gasteiger charge is -2.11. The molecule has 2 aromatic rings. The number of hydrogen-bond acceptors (Lipinski definition) is 2. The fraction of sp³-hybridized carbons (Fsp3) is 0.308. The molecule has 0 fully saturated rings. The predicted octanol–water partition coefficient (Wildman–Crippen LogP) is 2.89. The summed E-state index contributed by atoms with van der Waals surface area (Å²) in [5, 5.41) is 7.73. The van der Waals surface area contributed by atoms with Crippen LogP contribution >= 0.6 is 22.6 Å². The first kappa shape index (κ1) is 12.6. The van der Waals surface area contributed by atoms with Gasteiger partial charge in [0.25, 0.3) is 0 Å². The summed E-state index contributed by atoms with van der Waals surface area (Å²) in [7, 11) is 0. The molecule has 0 radical (unpaired) electrons. The summed E-state index contributed by atoms with van der Waals surface area (Å²) in [5.41, 5.74) is 3.72. The minimum atomic E-state index is 0.879. The third-order valence-electron chi connectivity index (χ3n) is 2.60. The number of aryl methyl sites for hydroxylation is 1. The average molecular weight is 341 g/mol. The largest absolute Gasteiger partial charge is 0.313 e. The van der Waals surface area contributed by atoms with Gasteiger partial charge in [0.15, 0.2) is 0 Å². The van der Waals surface area contributed by atoms with E-state index in [1.54, 1.807) is 0 Å². The second-order valence-corrected chi connectivity index (χ2v) is 5.26. The van der Waals surface area contributed by atoms with Gasteiger partial charge in [0.2, 0.25) is 0 Å². The Morgan fingerprint density at radius 1 is 1.41 bits per heavy atom. The first-order chi connectivity index (χ1) is 8.20. The van der Waals surface area contributed by atoms with Crippen LogP contribution in [0.5, 0.6) is 0 Å². The van der Waals surface area contributed by atoms with Gasteiger partial charge >= 0.3 is 0 Å². The summed E-state index contributed by atoms with van der Waals surface area (Å²) in [4.78, 5) is 0. The molecule has 0 saturated carbocycles. The van der Waals surface area contributed by atoms with Crippen molar-refractivity contribution in [1.82, 2.24) is 15.1 Å². The first-order valence-corrected chi connectivity index (χ1v) is 6.79. The fourth-order valence-electron chi connectivity index (χ4n) is 1.77. The van der Waals surface area contributed by atoms with Crippen molar-refractivity contribution in [2.75, 3.05) is 6.54 Å². The number of benzene rings is 1. The lowest BCUT2D eigenvalue weighted by Crippen LogP contribution is -2.14. The Bertz CT molecular complexity index is 505. The van der Waals surface area contributed by atoms with Gasteiger partial charge in [0, 0.05) is 12.7 Å². The summed E-state index contributed by atoms with van der Waals surface area (Å²) >= 11 is 2.28. The van der Waals surface area contributed by atoms with Gasteiger partial charge in [0.1, 0.15) is 0 Å². The number of halogens is 1. The van der Waals surface area contributed by atoms with Gasteiger partial charge < -0.3 is 5.32 Å². The number of rotatable bonds is 4. The Morgan fingerprint density at radius 2 is 2.24 bits per heavy atom. The molecule has 0 amide bonds. The van der Waals surface area contributed by atoms with E-state index in [1.807, 2.05) is 17.1 Å². The van der Waals surface area contributed by atoms with Crippen molar-refractivity contribution in [2.45, 2.75) is 20.4 Å². The van der Waals surface area contributed by atoms with Crippen LogP contribution in [0.15, 0.2) is 30.6 Å². The maximum absolute atomic E-state index is 4.37. The van der Waals surface area contributed by atoms with E-state index < -0.39 is 0 Å². The van der Waals surface area contributed by atoms with Crippen molar-refractivity contribution in [1.29, 1.82) is 0 Å². The van der Waals surface area contributed by atoms with Gasteiger partial charge in [-0.2, -0.15) is 5.10 Å². The zero-order valence-electron chi connectivity index (χ0n) is 10.1. The zero-order valence-corrected chi connectivity index (χ0v) is 12.2. The molecule has 2 rings (SSSR count). The molecule has 0 aliphatic rings. The highest BCUT2D eigenvalue weighted by Gasteiger charge is 2.05. The molecule has 3 nitrogen and oxygen atoms in total. The minimum Gasteiger partial charge on any atom is -0.313 e. The molecule has 0 saturated heterocycles. The van der Waals surface area contributed by atoms with E-state index in [9.17, 15) is 0 Å². The maximum atomic E-state index is 4.37. The summed E-state index contributed by atoms with van der Waals surface area (Å²) in [6, 6.07) is 6.47. The quantitative estimate of drug-likeness (QED) is 0.867. The van der Waals surface area contributed by atoms with Gasteiger partial charge in [-0.3, -0.25) is 0 Å². The van der Waals surface area contributed by atoms with Crippen LogP contribution in [0.1, 0.15) is 18.1 Å². The van der Waals surface area contributed by atoms with Gasteiger partial charge in [-0.1, -0.05) is 24.6 Å². The average Bonchev–Trinajstić information content (AvgIpc) is 2.73. The second-order valence-electron chi connectivity index (χ2n) is 4.02. The van der Waals surface area contributed by atoms with E-state index in [4.69, 9.17) is 0 Å². The van der Waals surface area contributed by atoms with E-state index in [2.05, 4.69) is 65.1 Å². The molecule has 17 heavy (non-hydrogen) atoms. The first-order valence-electron chi connectivity index (χ1n) is 5.71. The van der Waals surface area contributed by atoms with Gasteiger partial charge in [-0.05, 0) is 47.7 Å². The van der Waals surface area contributed by atoms with Crippen LogP contribution in [0.4, 0.5) is 0 Å². The minimum absolute atomic E-state index is 0.879. The third-order valence-corrected chi connectivity index (χ3v) is 3.16. The molecule has 4 heteroatoms. The predicted molar refractivity (Wildman–Crippen MR) is 78.4 cm³/mol. The lowest BCUT2D eigenvalue weighted by atomic mass is 10.1. The van der Waals surface area contributed by atoms with Crippen LogP contribution in [-0.2, 0) is 6.54 Å². The van der Waals surface area contributed by atoms with Crippen molar-refractivity contribution in [2.24, 2.45) is 0 Å². The van der Waals surface area contributed by atoms with E-state index >= 15 is 0 Å². The van der Waals surface area contributed by atoms with Crippen molar-refractivity contribution < 1.29 is 0 Å². The smallest absolute Gasteiger partial charge is 0.0691 e. The number of aromatic nitrogens is 2. The van der Waals surface area contributed by atoms with Crippen molar-refractivity contribution in [3.63, 3.8) is 0 Å². The van der Waals surface area contributed by atoms with E-state index in [1.165, 1.54) is 11.1 Å². The molecule has 0 spiro atoms. The molecule has 0 bridgehead atoms. The molecule has 0 aliphatic heterocycles. The van der Waals surface area contributed by atoms with Crippen molar-refractivity contribution in [3.8, 4) is 5.69 Å². The molecule has 1 heterocycles. The van der Waals surface area contributed by atoms with Crippen LogP contribution in [-0.4, -0.2) is 16.3 Å². The van der Waals surface area contributed by atoms with Crippen molar-refractivity contribution >= 4 is 22.6 Å². The summed E-state index contributed by atoms with van der Waals surface area (Å²) in [5.74, 6) is 0. The Hall–Kier alpha value is -0.880. The molecule has 1 N–H and O–H groups in total. The van der Waals surface area contributed by atoms with Gasteiger partial charge in [-0.25, -0.2) is 4.68 Å². The third kappa shape index (κ3) is 3.07. The van der Waals surface area contributed by atoms with Crippen LogP contribution in [0.2, 0.25) is 0 Å². The zero-order chi connectivity index (χ0) is 12.3. The normalized spacial score (nSPS) is 10.8. The molecule has 0 aliphatic carbocycles. The molecule has 90 valence electrons. The van der Waals surface area contributed by atoms with E-state index in [0.717, 1.165) is 22.3 Å². The number of nitrogens with zero attached hydrogens (tertiary/aromatic N) is 2. The maximum Gasteiger partial charge on any atom is 0.0691 e. The molecule has 1 aromatic carbocycles. The highest BCUT2D eigenvalue weighted by Crippen LogP contribution is 2.17. The van der Waals surface area contributed by atoms with Crippen LogP contribution in [0.25, 0.3) is 5.69 Å². The van der Waals surface area contributed by atoms with E-state index in [-0.39, 0.29) is 0 Å². The SMILES string of the molecule is CCNCc1cc(C)ccc1-n1cc(I)cn1. The summed E-state index contributed by atoms with van der Waals surface area (Å²) in [6.45, 7) is 6.09. The lowest BCUT2D eigenvalue weighted by molar-refractivity contribution is 0.716. The monoisotopic (exact) mass is 341 g/mol. The van der Waals surface area contributed by atoms with Gasteiger partial charge in [0.05, 0.1) is 15.5 Å². The molecular weight excluding hydrogens is 325 g/mol. The summed E-state index contributed by atoms with van der Waals surface area (Å²) in [6.07, 6.45) is 3.91. The topological polar surface area (TPSA) is 29.9 Å². The fourth-order valence-corrected chi connectivity index (χ4v) is 2.16. The number of hydrogen-bond donors (Lipinski definition) is 1. The molecule has 1 aromatic heterocycles. The van der Waals surface area contributed by atoms with Crippen LogP contribution < -0.4 is 5.32 Å². The Labute approximate surface area is 115 Å². The van der Waals surface area contributed by atoms with Gasteiger partial charge in [-0.15, -0.1) is 0 Å². The Morgan fingerprint density at radius 3 is 2.88 bits per heavy atom. The highest BCUT2D eigenvalue weighted by molar-refractivity contribution is 14.1. The summed E-state index contributed by atoms with van der Waals surface area (Å²) < 4.78 is 3.09. The molecular formula is C13H16IN3. The Kier molecular flexibility index (Phi) is 4.17. The standard InChI is InChI=1S/C13H16IN3/c1-3-15-7-11-6-10(2)4-5-13(11)17-9-12(14)8-16-17/h4-6,8-9,15H,3,7H2,1-2H3. The Balaban J connectivity index is 2.38. The van der Waals surface area contributed by atoms with Crippen LogP contribution in [0.3, 0.4) is 0 Å². The number of nitrogens with one attached hydrogen (secondary N) is 1. The molecule has 0 atom stereocenters. The van der Waals surface area contributed by atoms with Crippen LogP contribution in [0, 0.1) is 10.5 Å². The second kappa shape index (κ2) is 5.64. The van der Waals surface area contributed by atoms with Crippen molar-refractivity contribution in [3.05, 3.63) is 45.3 Å². The molecule has 0 unspecified atom stereocenters. The van der Waals surface area contributed by atoms with E-state index in [0.29, 0.717) is 0 Å².